The average Bonchev–Trinajstić information content (AvgIpc) is 2.69. The molecule has 1 saturated heterocycles. The number of likely N-dealkylation sites (tertiary alicyclic amines) is 1. The number of carbonyl (C=O) groups is 1. The summed E-state index contributed by atoms with van der Waals surface area (Å²) >= 11 is 0. The zero-order valence-electron chi connectivity index (χ0n) is 16.6. The number of nitrogens with zero attached hydrogens (tertiary/aromatic N) is 2. The van der Waals surface area contributed by atoms with Crippen LogP contribution in [0.25, 0.3) is 0 Å². The number of hydrogen-bond donors (Lipinski definition) is 1. The summed E-state index contributed by atoms with van der Waals surface area (Å²) in [6.45, 7) is 6.61. The normalized spacial score (nSPS) is 14.7. The third-order valence-corrected chi connectivity index (χ3v) is 5.41. The van der Waals surface area contributed by atoms with E-state index in [0.717, 1.165) is 6.54 Å². The van der Waals surface area contributed by atoms with Gasteiger partial charge in [-0.3, -0.25) is 4.90 Å². The predicted octanol–water partition coefficient (Wildman–Crippen LogP) is 4.32. The van der Waals surface area contributed by atoms with Crippen molar-refractivity contribution < 1.29 is 4.79 Å². The van der Waals surface area contributed by atoms with Gasteiger partial charge in [-0.15, -0.1) is 0 Å². The number of urea groups is 1. The summed E-state index contributed by atoms with van der Waals surface area (Å²) in [6, 6.07) is 16.6. The van der Waals surface area contributed by atoms with Gasteiger partial charge in [0, 0.05) is 26.7 Å². The molecule has 1 heterocycles. The molecule has 0 aliphatic carbocycles. The molecule has 4 heteroatoms. The smallest absolute Gasteiger partial charge is 0.317 e. The summed E-state index contributed by atoms with van der Waals surface area (Å²) in [7, 11) is 1.85. The van der Waals surface area contributed by atoms with Crippen LogP contribution < -0.4 is 5.32 Å². The van der Waals surface area contributed by atoms with Crippen molar-refractivity contribution >= 4 is 6.03 Å². The van der Waals surface area contributed by atoms with Gasteiger partial charge < -0.3 is 10.2 Å². The first kappa shape index (κ1) is 19.4. The van der Waals surface area contributed by atoms with Crippen LogP contribution in [-0.4, -0.2) is 36.0 Å². The van der Waals surface area contributed by atoms with E-state index in [1.807, 2.05) is 19.2 Å². The van der Waals surface area contributed by atoms with E-state index in [4.69, 9.17) is 0 Å². The van der Waals surface area contributed by atoms with Crippen LogP contribution in [0, 0.1) is 6.92 Å². The van der Waals surface area contributed by atoms with Crippen molar-refractivity contribution in [3.63, 3.8) is 0 Å². The molecule has 144 valence electrons. The van der Waals surface area contributed by atoms with Crippen molar-refractivity contribution in [1.29, 1.82) is 0 Å². The van der Waals surface area contributed by atoms with Crippen LogP contribution >= 0.6 is 0 Å². The topological polar surface area (TPSA) is 35.6 Å². The Bertz CT molecular complexity index is 753. The standard InChI is InChI=1S/C23H31N3O/c1-19-10-4-5-12-21(19)17-25(2)23(27)24-16-20-11-6-7-13-22(20)18-26-14-8-3-9-15-26/h4-7,10-13H,3,8-9,14-18H2,1-2H3,(H,24,27). The Morgan fingerprint density at radius 2 is 1.59 bits per heavy atom. The lowest BCUT2D eigenvalue weighted by molar-refractivity contribution is 0.206. The summed E-state index contributed by atoms with van der Waals surface area (Å²) < 4.78 is 0. The van der Waals surface area contributed by atoms with E-state index in [-0.39, 0.29) is 6.03 Å². The highest BCUT2D eigenvalue weighted by Gasteiger charge is 2.14. The molecule has 0 unspecified atom stereocenters. The molecule has 27 heavy (non-hydrogen) atoms. The minimum absolute atomic E-state index is 0.0361. The molecule has 2 aromatic rings. The van der Waals surface area contributed by atoms with E-state index >= 15 is 0 Å². The summed E-state index contributed by atoms with van der Waals surface area (Å²) in [5, 5.41) is 3.08. The maximum atomic E-state index is 12.5. The van der Waals surface area contributed by atoms with E-state index in [1.165, 1.54) is 54.6 Å². The molecule has 1 aliphatic heterocycles. The molecule has 1 N–H and O–H groups in total. The maximum absolute atomic E-state index is 12.5. The summed E-state index contributed by atoms with van der Waals surface area (Å²) in [4.78, 5) is 16.8. The van der Waals surface area contributed by atoms with Crippen LogP contribution in [0.1, 0.15) is 41.5 Å². The van der Waals surface area contributed by atoms with Crippen molar-refractivity contribution in [1.82, 2.24) is 15.1 Å². The lowest BCUT2D eigenvalue weighted by Crippen LogP contribution is -2.37. The third-order valence-electron chi connectivity index (χ3n) is 5.41. The molecule has 0 atom stereocenters. The Labute approximate surface area is 163 Å². The van der Waals surface area contributed by atoms with E-state index in [2.05, 4.69) is 53.5 Å². The SMILES string of the molecule is Cc1ccccc1CN(C)C(=O)NCc1ccccc1CN1CCCCC1. The summed E-state index contributed by atoms with van der Waals surface area (Å²) in [5.74, 6) is 0. The van der Waals surface area contributed by atoms with E-state index < -0.39 is 0 Å². The number of amides is 2. The Morgan fingerprint density at radius 3 is 2.30 bits per heavy atom. The largest absolute Gasteiger partial charge is 0.334 e. The highest BCUT2D eigenvalue weighted by molar-refractivity contribution is 5.73. The quantitative estimate of drug-likeness (QED) is 0.827. The first-order valence-corrected chi connectivity index (χ1v) is 9.96. The van der Waals surface area contributed by atoms with Crippen molar-refractivity contribution in [3.8, 4) is 0 Å². The van der Waals surface area contributed by atoms with Gasteiger partial charge in [0.25, 0.3) is 0 Å². The second-order valence-corrected chi connectivity index (χ2v) is 7.55. The highest BCUT2D eigenvalue weighted by atomic mass is 16.2. The number of hydrogen-bond acceptors (Lipinski definition) is 2. The van der Waals surface area contributed by atoms with Gasteiger partial charge in [-0.2, -0.15) is 0 Å². The van der Waals surface area contributed by atoms with Crippen LogP contribution in [0.3, 0.4) is 0 Å². The van der Waals surface area contributed by atoms with Gasteiger partial charge in [-0.1, -0.05) is 55.0 Å². The molecule has 1 fully saturated rings. The lowest BCUT2D eigenvalue weighted by atomic mass is 10.0. The zero-order chi connectivity index (χ0) is 19.1. The average molecular weight is 366 g/mol. The number of piperidine rings is 1. The number of carbonyl (C=O) groups excluding carboxylic acids is 1. The van der Waals surface area contributed by atoms with Crippen molar-refractivity contribution in [2.24, 2.45) is 0 Å². The number of aryl methyl sites for hydroxylation is 1. The Morgan fingerprint density at radius 1 is 0.963 bits per heavy atom. The van der Waals surface area contributed by atoms with E-state index in [0.29, 0.717) is 13.1 Å². The van der Waals surface area contributed by atoms with Gasteiger partial charge in [-0.25, -0.2) is 4.79 Å². The fraction of sp³-hybridized carbons (Fsp3) is 0.435. The molecule has 0 saturated carbocycles. The van der Waals surface area contributed by atoms with Gasteiger partial charge in [0.05, 0.1) is 0 Å². The lowest BCUT2D eigenvalue weighted by Gasteiger charge is -2.27. The number of rotatable bonds is 6. The maximum Gasteiger partial charge on any atom is 0.317 e. The molecular formula is C23H31N3O. The van der Waals surface area contributed by atoms with Crippen LogP contribution in [-0.2, 0) is 19.6 Å². The molecule has 3 rings (SSSR count). The molecule has 0 aromatic heterocycles. The summed E-state index contributed by atoms with van der Waals surface area (Å²) in [5.41, 5.74) is 4.92. The molecule has 0 radical (unpaired) electrons. The number of nitrogens with one attached hydrogen (secondary N) is 1. The van der Waals surface area contributed by atoms with Crippen LogP contribution in [0.5, 0.6) is 0 Å². The second kappa shape index (κ2) is 9.56. The summed E-state index contributed by atoms with van der Waals surface area (Å²) in [6.07, 6.45) is 3.94. The second-order valence-electron chi connectivity index (χ2n) is 7.55. The minimum atomic E-state index is -0.0361. The van der Waals surface area contributed by atoms with Gasteiger partial charge >= 0.3 is 6.03 Å². The minimum Gasteiger partial charge on any atom is -0.334 e. The number of benzene rings is 2. The Kier molecular flexibility index (Phi) is 6.88. The molecule has 0 bridgehead atoms. The van der Waals surface area contributed by atoms with Crippen LogP contribution in [0.4, 0.5) is 4.79 Å². The van der Waals surface area contributed by atoms with E-state index in [9.17, 15) is 4.79 Å². The molecule has 0 spiro atoms. The molecule has 1 aliphatic rings. The van der Waals surface area contributed by atoms with Gasteiger partial charge in [0.15, 0.2) is 0 Å². The van der Waals surface area contributed by atoms with Crippen LogP contribution in [0.15, 0.2) is 48.5 Å². The van der Waals surface area contributed by atoms with Crippen molar-refractivity contribution in [2.75, 3.05) is 20.1 Å². The zero-order valence-corrected chi connectivity index (χ0v) is 16.6. The van der Waals surface area contributed by atoms with E-state index in [1.54, 1.807) is 4.90 Å². The molecule has 2 amide bonds. The van der Waals surface area contributed by atoms with Gasteiger partial charge in [0.1, 0.15) is 0 Å². The fourth-order valence-electron chi connectivity index (χ4n) is 3.66. The van der Waals surface area contributed by atoms with Gasteiger partial charge in [-0.05, 0) is 55.1 Å². The van der Waals surface area contributed by atoms with Crippen molar-refractivity contribution in [3.05, 3.63) is 70.8 Å². The van der Waals surface area contributed by atoms with Crippen LogP contribution in [0.2, 0.25) is 0 Å². The Balaban J connectivity index is 1.56. The third kappa shape index (κ3) is 5.57. The molecule has 4 nitrogen and oxygen atoms in total. The molecular weight excluding hydrogens is 334 g/mol. The first-order chi connectivity index (χ1) is 13.1. The monoisotopic (exact) mass is 365 g/mol. The van der Waals surface area contributed by atoms with Gasteiger partial charge in [0.2, 0.25) is 0 Å². The highest BCUT2D eigenvalue weighted by Crippen LogP contribution is 2.16. The first-order valence-electron chi connectivity index (χ1n) is 9.96. The fourth-order valence-corrected chi connectivity index (χ4v) is 3.66. The van der Waals surface area contributed by atoms with Crippen molar-refractivity contribution in [2.45, 2.75) is 45.8 Å². The molecule has 2 aromatic carbocycles. The Hall–Kier alpha value is -2.33. The predicted molar refractivity (Wildman–Crippen MR) is 110 cm³/mol.